The molecule has 0 unspecified atom stereocenters. The van der Waals surface area contributed by atoms with Crippen molar-refractivity contribution in [2.24, 2.45) is 0 Å². The van der Waals surface area contributed by atoms with Crippen LogP contribution in [0.4, 0.5) is 0 Å². The molecule has 0 aromatic rings. The number of carbonyl (C=O) groups is 2. The van der Waals surface area contributed by atoms with Crippen LogP contribution in [-0.4, -0.2) is 318 Å². The van der Waals surface area contributed by atoms with Gasteiger partial charge < -0.3 is 149 Å². The molecular formula is C41H70N2O30. The Hall–Kier alpha value is -2.18. The Labute approximate surface area is 415 Å². The van der Waals surface area contributed by atoms with Crippen molar-refractivity contribution >= 4 is 11.8 Å². The molecule has 0 saturated carbocycles. The van der Waals surface area contributed by atoms with Gasteiger partial charge in [-0.05, 0) is 6.92 Å². The Morgan fingerprint density at radius 3 is 1.40 bits per heavy atom. The average molecular weight is 1070 g/mol. The molecule has 6 aliphatic rings. The minimum Gasteiger partial charge on any atom is -0.394 e. The summed E-state index contributed by atoms with van der Waals surface area (Å²) in [4.78, 5) is 25.3. The van der Waals surface area contributed by atoms with Gasteiger partial charge in [-0.2, -0.15) is 0 Å². The van der Waals surface area contributed by atoms with Crippen molar-refractivity contribution in [3.63, 3.8) is 0 Å². The smallest absolute Gasteiger partial charge is 0.217 e. The van der Waals surface area contributed by atoms with Crippen molar-refractivity contribution in [3.05, 3.63) is 0 Å². The molecule has 18 N–H and O–H groups in total. The maximum Gasteiger partial charge on any atom is 0.217 e. The van der Waals surface area contributed by atoms with Gasteiger partial charge in [0.2, 0.25) is 11.8 Å². The first-order valence-electron chi connectivity index (χ1n) is 23.3. The zero-order chi connectivity index (χ0) is 53.9. The fourth-order valence-corrected chi connectivity index (χ4v) is 9.38. The first-order chi connectivity index (χ1) is 34.5. The first kappa shape index (κ1) is 60.1. The normalized spacial score (nSPS) is 49.8. The summed E-state index contributed by atoms with van der Waals surface area (Å²) >= 11 is 0. The fraction of sp³-hybridized carbons (Fsp3) is 0.951. The molecule has 2 amide bonds. The van der Waals surface area contributed by atoms with Gasteiger partial charge in [0.25, 0.3) is 0 Å². The summed E-state index contributed by atoms with van der Waals surface area (Å²) < 4.78 is 70.1. The molecular weight excluding hydrogens is 1000 g/mol. The molecule has 0 aromatic heterocycles. The van der Waals surface area contributed by atoms with Crippen LogP contribution in [0.3, 0.4) is 0 Å². The Balaban J connectivity index is 1.31. The van der Waals surface area contributed by atoms with Crippen LogP contribution < -0.4 is 10.6 Å². The molecule has 6 heterocycles. The lowest BCUT2D eigenvalue weighted by molar-refractivity contribution is -0.388. The van der Waals surface area contributed by atoms with Gasteiger partial charge in [0.1, 0.15) is 140 Å². The molecule has 73 heavy (non-hydrogen) atoms. The quantitative estimate of drug-likeness (QED) is 0.0606. The number of aliphatic hydroxyl groups is 16. The van der Waals surface area contributed by atoms with E-state index in [0.717, 1.165) is 21.0 Å². The summed E-state index contributed by atoms with van der Waals surface area (Å²) in [6.45, 7) is -1.09. The molecule has 0 radical (unpaired) electrons. The third-order valence-electron chi connectivity index (χ3n) is 13.4. The largest absolute Gasteiger partial charge is 0.394 e. The van der Waals surface area contributed by atoms with Crippen LogP contribution in [0.2, 0.25) is 0 Å². The number of hydrogen-bond donors (Lipinski definition) is 18. The highest BCUT2D eigenvalue weighted by atomic mass is 16.8. The van der Waals surface area contributed by atoms with E-state index in [1.807, 2.05) is 0 Å². The second kappa shape index (κ2) is 26.0. The number of carbonyl (C=O) groups excluding carboxylic acids is 2. The number of methoxy groups -OCH3 is 1. The summed E-state index contributed by atoms with van der Waals surface area (Å²) in [6.07, 6.45) is -50.1. The van der Waals surface area contributed by atoms with E-state index in [1.54, 1.807) is 0 Å². The monoisotopic (exact) mass is 1070 g/mol. The predicted octanol–water partition coefficient (Wildman–Crippen LogP) is -12.1. The van der Waals surface area contributed by atoms with Gasteiger partial charge in [-0.15, -0.1) is 0 Å². The Morgan fingerprint density at radius 1 is 0.411 bits per heavy atom. The van der Waals surface area contributed by atoms with Crippen LogP contribution >= 0.6 is 0 Å². The van der Waals surface area contributed by atoms with Gasteiger partial charge in [0.05, 0.1) is 39.1 Å². The summed E-state index contributed by atoms with van der Waals surface area (Å²) in [5.41, 5.74) is 0. The summed E-state index contributed by atoms with van der Waals surface area (Å²) in [6, 6.07) is -3.37. The zero-order valence-corrected chi connectivity index (χ0v) is 39.7. The molecule has 6 saturated heterocycles. The number of hydrogen-bond acceptors (Lipinski definition) is 30. The van der Waals surface area contributed by atoms with Crippen molar-refractivity contribution in [2.45, 2.75) is 205 Å². The molecule has 0 aromatic carbocycles. The maximum absolute atomic E-state index is 12.8. The van der Waals surface area contributed by atoms with E-state index < -0.39 is 229 Å². The van der Waals surface area contributed by atoms with E-state index >= 15 is 0 Å². The Kier molecular flexibility index (Phi) is 21.4. The van der Waals surface area contributed by atoms with Crippen LogP contribution in [0, 0.1) is 0 Å². The second-order valence-electron chi connectivity index (χ2n) is 18.5. The standard InChI is InChI=1S/C41H70N2O30/c1-10-20(50)25(55)29(59)39(64-10)72-33-19(43-12(3)49)36(61)65-16(8-47)32(33)71-37-18(42-11(2)48)24(54)31(15(7-46)68-37)70-41-35(62-4)34(73-40-30(60)27(57)22(52)14(6-45)67-40)23(53)17(69-41)9-63-38-28(58)26(56)21(51)13(5-44)66-38/h10,13-41,44-47,50-61H,5-9H2,1-4H3,(H,42,48)(H,43,49)/t10-,13+,14+,15+,16+,17+,18+,19+,20+,21+,22+,23+,24+,25+,26-,27-,28-,29-,30-,31+,32+,33+,34-,35-,36+,37-,38-,39-,40+,41-/m0/s1. The van der Waals surface area contributed by atoms with Crippen molar-refractivity contribution < 1.29 is 148 Å². The summed E-state index contributed by atoms with van der Waals surface area (Å²) in [7, 11) is 1.07. The van der Waals surface area contributed by atoms with Gasteiger partial charge in [-0.25, -0.2) is 0 Å². The maximum atomic E-state index is 12.8. The molecule has 32 heteroatoms. The molecule has 6 rings (SSSR count). The number of rotatable bonds is 18. The van der Waals surface area contributed by atoms with E-state index in [-0.39, 0.29) is 0 Å². The lowest BCUT2D eigenvalue weighted by Crippen LogP contribution is -2.71. The molecule has 32 nitrogen and oxygen atoms in total. The zero-order valence-electron chi connectivity index (χ0n) is 39.7. The fourth-order valence-electron chi connectivity index (χ4n) is 9.38. The van der Waals surface area contributed by atoms with Crippen LogP contribution in [-0.2, 0) is 66.4 Å². The van der Waals surface area contributed by atoms with Crippen LogP contribution in [0.5, 0.6) is 0 Å². The third-order valence-corrected chi connectivity index (χ3v) is 13.4. The van der Waals surface area contributed by atoms with E-state index in [1.165, 1.54) is 6.92 Å². The lowest BCUT2D eigenvalue weighted by atomic mass is 9.93. The third kappa shape index (κ3) is 13.1. The van der Waals surface area contributed by atoms with Crippen molar-refractivity contribution in [2.75, 3.05) is 40.1 Å². The first-order valence-corrected chi connectivity index (χ1v) is 23.3. The Bertz CT molecular complexity index is 1750. The minimum atomic E-state index is -2.05. The second-order valence-corrected chi connectivity index (χ2v) is 18.5. The summed E-state index contributed by atoms with van der Waals surface area (Å²) in [5, 5.41) is 176. The van der Waals surface area contributed by atoms with Crippen molar-refractivity contribution in [1.82, 2.24) is 10.6 Å². The molecule has 6 fully saturated rings. The van der Waals surface area contributed by atoms with Crippen LogP contribution in [0.1, 0.15) is 20.8 Å². The lowest BCUT2D eigenvalue weighted by Gasteiger charge is -2.51. The van der Waals surface area contributed by atoms with E-state index in [9.17, 15) is 91.3 Å². The number of nitrogens with one attached hydrogen (secondary N) is 2. The highest BCUT2D eigenvalue weighted by Gasteiger charge is 2.58. The number of ether oxygens (including phenoxy) is 12. The van der Waals surface area contributed by atoms with Gasteiger partial charge in [0.15, 0.2) is 37.7 Å². The molecule has 0 spiro atoms. The molecule has 30 atom stereocenters. The Morgan fingerprint density at radius 2 is 0.849 bits per heavy atom. The van der Waals surface area contributed by atoms with Crippen molar-refractivity contribution in [3.8, 4) is 0 Å². The van der Waals surface area contributed by atoms with E-state index in [4.69, 9.17) is 56.8 Å². The van der Waals surface area contributed by atoms with Gasteiger partial charge >= 0.3 is 0 Å². The molecule has 0 bridgehead atoms. The van der Waals surface area contributed by atoms with E-state index in [0.29, 0.717) is 0 Å². The highest BCUT2D eigenvalue weighted by Crippen LogP contribution is 2.37. The van der Waals surface area contributed by atoms with Crippen LogP contribution in [0.25, 0.3) is 0 Å². The minimum absolute atomic E-state index is 0.757. The molecule has 424 valence electrons. The van der Waals surface area contributed by atoms with Gasteiger partial charge in [0, 0.05) is 21.0 Å². The number of aliphatic hydroxyl groups excluding tert-OH is 16. The summed E-state index contributed by atoms with van der Waals surface area (Å²) in [5.74, 6) is -1.58. The topological polar surface area (TPSA) is 493 Å². The SMILES string of the molecule is CO[C@@H]1[C@H](O[C@H]2[C@H](O)[C@@H](NC(C)=O)[C@H](O[C@H]3[C@H](O[C@@H]4O[C@@H](C)[C@@H](O)[C@@H](O)[C@@H]4O)[C@@H](NC(C)=O)[C@H](O)O[C@@H]3CO)O[C@@H]2CO)O[C@H](CO[C@H]2O[C@H](CO)[C@@H](O)[C@H](O)[C@@H]2O)[C@@H](O)[C@@H]1O[C@H]1O[C@H](CO)[C@@H](O)[C@H](O)[C@@H]1O. The molecule has 0 aliphatic carbocycles. The highest BCUT2D eigenvalue weighted by molar-refractivity contribution is 5.73. The number of amides is 2. The average Bonchev–Trinajstić information content (AvgIpc) is 3.35. The van der Waals surface area contributed by atoms with Gasteiger partial charge in [-0.1, -0.05) is 0 Å². The van der Waals surface area contributed by atoms with Gasteiger partial charge in [-0.3, -0.25) is 9.59 Å². The molecule has 6 aliphatic heterocycles. The van der Waals surface area contributed by atoms with E-state index in [2.05, 4.69) is 10.6 Å². The van der Waals surface area contributed by atoms with Crippen molar-refractivity contribution in [1.29, 1.82) is 0 Å². The van der Waals surface area contributed by atoms with Crippen LogP contribution in [0.15, 0.2) is 0 Å². The predicted molar refractivity (Wildman–Crippen MR) is 226 cm³/mol.